The number of rotatable bonds is 5. The summed E-state index contributed by atoms with van der Waals surface area (Å²) in [6, 6.07) is 0. The standard InChI is InChI=1S/C15H18N4O2S2/c20-15(12-8-22-9-18-12)17-3-10-7-21-13-5-19(4-11(10)13)6-14-16-1-2-23-14/h1-2,8-11,13H,3-7H2,(H,17,20)/t10-,11+,13+/m0/s1. The lowest BCUT2D eigenvalue weighted by atomic mass is 9.93. The summed E-state index contributed by atoms with van der Waals surface area (Å²) in [4.78, 5) is 22.8. The molecule has 23 heavy (non-hydrogen) atoms. The molecule has 2 saturated heterocycles. The first-order valence-corrected chi connectivity index (χ1v) is 9.50. The molecule has 0 saturated carbocycles. The van der Waals surface area contributed by atoms with Gasteiger partial charge in [-0.25, -0.2) is 9.97 Å². The van der Waals surface area contributed by atoms with E-state index in [1.165, 1.54) is 11.3 Å². The third-order valence-corrected chi connectivity index (χ3v) is 5.90. The third kappa shape index (κ3) is 3.30. The molecule has 2 aliphatic heterocycles. The summed E-state index contributed by atoms with van der Waals surface area (Å²) in [6.07, 6.45) is 2.14. The first-order valence-electron chi connectivity index (χ1n) is 7.68. The molecule has 2 aromatic heterocycles. The fourth-order valence-corrected chi connectivity index (χ4v) is 4.57. The Morgan fingerprint density at radius 1 is 1.43 bits per heavy atom. The zero-order valence-electron chi connectivity index (χ0n) is 12.6. The van der Waals surface area contributed by atoms with Crippen molar-refractivity contribution in [1.82, 2.24) is 20.2 Å². The number of likely N-dealkylation sites (tertiary alicyclic amines) is 1. The molecule has 1 N–H and O–H groups in total. The molecule has 8 heteroatoms. The molecule has 122 valence electrons. The number of carbonyl (C=O) groups is 1. The lowest BCUT2D eigenvalue weighted by Crippen LogP contribution is -2.34. The summed E-state index contributed by atoms with van der Waals surface area (Å²) in [5, 5.41) is 7.93. The van der Waals surface area contributed by atoms with E-state index in [2.05, 4.69) is 20.2 Å². The number of hydrogen-bond acceptors (Lipinski definition) is 7. The van der Waals surface area contributed by atoms with Crippen LogP contribution in [0.5, 0.6) is 0 Å². The van der Waals surface area contributed by atoms with Gasteiger partial charge in [-0.1, -0.05) is 0 Å². The highest BCUT2D eigenvalue weighted by molar-refractivity contribution is 7.09. The highest BCUT2D eigenvalue weighted by Gasteiger charge is 2.43. The van der Waals surface area contributed by atoms with E-state index in [9.17, 15) is 4.79 Å². The van der Waals surface area contributed by atoms with Crippen LogP contribution < -0.4 is 5.32 Å². The monoisotopic (exact) mass is 350 g/mol. The van der Waals surface area contributed by atoms with Crippen LogP contribution in [-0.2, 0) is 11.3 Å². The van der Waals surface area contributed by atoms with Gasteiger partial charge in [-0.3, -0.25) is 9.69 Å². The smallest absolute Gasteiger partial charge is 0.270 e. The molecule has 0 radical (unpaired) electrons. The summed E-state index contributed by atoms with van der Waals surface area (Å²) in [5.74, 6) is 0.780. The second-order valence-corrected chi connectivity index (χ2v) is 7.70. The molecular formula is C15H18N4O2S2. The number of nitrogens with one attached hydrogen (secondary N) is 1. The number of ether oxygens (including phenoxy) is 1. The van der Waals surface area contributed by atoms with Crippen LogP contribution in [0.3, 0.4) is 0 Å². The molecule has 0 spiro atoms. The number of thiazole rings is 2. The molecule has 0 unspecified atom stereocenters. The van der Waals surface area contributed by atoms with Gasteiger partial charge in [0.25, 0.3) is 5.91 Å². The molecule has 4 heterocycles. The highest BCUT2D eigenvalue weighted by Crippen LogP contribution is 2.34. The minimum Gasteiger partial charge on any atom is -0.376 e. The Balaban J connectivity index is 1.30. The molecule has 1 amide bonds. The maximum absolute atomic E-state index is 12.0. The number of fused-ring (bicyclic) bond motifs is 1. The maximum atomic E-state index is 12.0. The fourth-order valence-electron chi connectivity index (χ4n) is 3.38. The Hall–Kier alpha value is -1.35. The summed E-state index contributed by atoms with van der Waals surface area (Å²) in [7, 11) is 0. The summed E-state index contributed by atoms with van der Waals surface area (Å²) in [6.45, 7) is 4.26. The predicted molar refractivity (Wildman–Crippen MR) is 88.6 cm³/mol. The second kappa shape index (κ2) is 6.64. The van der Waals surface area contributed by atoms with Crippen molar-refractivity contribution in [2.24, 2.45) is 11.8 Å². The Morgan fingerprint density at radius 2 is 2.39 bits per heavy atom. The Kier molecular flexibility index (Phi) is 4.39. The average molecular weight is 350 g/mol. The fraction of sp³-hybridized carbons (Fsp3) is 0.533. The van der Waals surface area contributed by atoms with Gasteiger partial charge in [-0.15, -0.1) is 22.7 Å². The van der Waals surface area contributed by atoms with E-state index in [0.717, 1.165) is 31.2 Å². The lowest BCUT2D eigenvalue weighted by Gasteiger charge is -2.19. The highest BCUT2D eigenvalue weighted by atomic mass is 32.1. The van der Waals surface area contributed by atoms with Crippen LogP contribution in [0, 0.1) is 11.8 Å². The van der Waals surface area contributed by atoms with Gasteiger partial charge in [0.1, 0.15) is 10.7 Å². The average Bonchev–Trinajstić information content (AvgIpc) is 3.31. The van der Waals surface area contributed by atoms with Gasteiger partial charge in [0, 0.05) is 48.4 Å². The molecule has 0 aliphatic carbocycles. The summed E-state index contributed by atoms with van der Waals surface area (Å²) < 4.78 is 5.94. The zero-order valence-corrected chi connectivity index (χ0v) is 14.2. The van der Waals surface area contributed by atoms with E-state index in [0.29, 0.717) is 24.1 Å². The van der Waals surface area contributed by atoms with Crippen molar-refractivity contribution in [3.8, 4) is 0 Å². The number of nitrogens with zero attached hydrogens (tertiary/aromatic N) is 3. The van der Waals surface area contributed by atoms with Crippen molar-refractivity contribution in [2.75, 3.05) is 26.2 Å². The van der Waals surface area contributed by atoms with E-state index < -0.39 is 0 Å². The van der Waals surface area contributed by atoms with Crippen LogP contribution in [0.1, 0.15) is 15.5 Å². The third-order valence-electron chi connectivity index (χ3n) is 4.55. The molecule has 3 atom stereocenters. The van der Waals surface area contributed by atoms with Crippen LogP contribution in [-0.4, -0.2) is 53.1 Å². The van der Waals surface area contributed by atoms with Gasteiger partial charge in [0.05, 0.1) is 24.8 Å². The normalized spacial score (nSPS) is 27.2. The predicted octanol–water partition coefficient (Wildman–Crippen LogP) is 1.48. The minimum atomic E-state index is -0.0904. The Bertz CT molecular complexity index is 647. The molecular weight excluding hydrogens is 332 g/mol. The van der Waals surface area contributed by atoms with Crippen molar-refractivity contribution in [1.29, 1.82) is 0 Å². The van der Waals surface area contributed by atoms with Gasteiger partial charge < -0.3 is 10.1 Å². The largest absolute Gasteiger partial charge is 0.376 e. The SMILES string of the molecule is O=C(NC[C@H]1CO[C@@H]2CN(Cc3nccs3)C[C@H]12)c1cscn1. The molecule has 2 fully saturated rings. The van der Waals surface area contributed by atoms with Gasteiger partial charge in [-0.05, 0) is 0 Å². The van der Waals surface area contributed by atoms with Gasteiger partial charge >= 0.3 is 0 Å². The second-order valence-electron chi connectivity index (χ2n) is 6.00. The van der Waals surface area contributed by atoms with Crippen molar-refractivity contribution >= 4 is 28.6 Å². The van der Waals surface area contributed by atoms with Crippen molar-refractivity contribution in [3.63, 3.8) is 0 Å². The molecule has 0 bridgehead atoms. The van der Waals surface area contributed by atoms with E-state index in [4.69, 9.17) is 4.74 Å². The van der Waals surface area contributed by atoms with Crippen LogP contribution in [0.2, 0.25) is 0 Å². The van der Waals surface area contributed by atoms with Gasteiger partial charge in [-0.2, -0.15) is 0 Å². The molecule has 2 aromatic rings. The van der Waals surface area contributed by atoms with Gasteiger partial charge in [0.15, 0.2) is 0 Å². The first kappa shape index (κ1) is 15.2. The van der Waals surface area contributed by atoms with Crippen LogP contribution in [0.4, 0.5) is 0 Å². The first-order chi connectivity index (χ1) is 11.3. The number of aromatic nitrogens is 2. The Labute approximate surface area is 142 Å². The summed E-state index contributed by atoms with van der Waals surface area (Å²) in [5.41, 5.74) is 2.18. The number of hydrogen-bond donors (Lipinski definition) is 1. The minimum absolute atomic E-state index is 0.0904. The van der Waals surface area contributed by atoms with Crippen molar-refractivity contribution < 1.29 is 9.53 Å². The molecule has 0 aromatic carbocycles. The lowest BCUT2D eigenvalue weighted by molar-refractivity contribution is 0.0901. The maximum Gasteiger partial charge on any atom is 0.270 e. The zero-order chi connectivity index (χ0) is 15.6. The van der Waals surface area contributed by atoms with Crippen LogP contribution >= 0.6 is 22.7 Å². The van der Waals surface area contributed by atoms with E-state index >= 15 is 0 Å². The van der Waals surface area contributed by atoms with E-state index in [1.807, 2.05) is 11.6 Å². The van der Waals surface area contributed by atoms with Crippen molar-refractivity contribution in [2.45, 2.75) is 12.6 Å². The molecule has 6 nitrogen and oxygen atoms in total. The Morgan fingerprint density at radius 3 is 3.17 bits per heavy atom. The number of amides is 1. The molecule has 2 aliphatic rings. The van der Waals surface area contributed by atoms with Crippen molar-refractivity contribution in [3.05, 3.63) is 33.2 Å². The summed E-state index contributed by atoms with van der Waals surface area (Å²) >= 11 is 3.13. The van der Waals surface area contributed by atoms with E-state index in [-0.39, 0.29) is 12.0 Å². The quantitative estimate of drug-likeness (QED) is 0.885. The molecule has 4 rings (SSSR count). The number of carbonyl (C=O) groups excluding carboxylic acids is 1. The van der Waals surface area contributed by atoms with Crippen LogP contribution in [0.25, 0.3) is 0 Å². The van der Waals surface area contributed by atoms with Crippen LogP contribution in [0.15, 0.2) is 22.5 Å². The topological polar surface area (TPSA) is 67.3 Å². The van der Waals surface area contributed by atoms with E-state index in [1.54, 1.807) is 22.2 Å². The van der Waals surface area contributed by atoms with Gasteiger partial charge in [0.2, 0.25) is 0 Å².